The van der Waals surface area contributed by atoms with Crippen molar-refractivity contribution >= 4 is 0 Å². The van der Waals surface area contributed by atoms with E-state index in [1.807, 2.05) is 121 Å². The van der Waals surface area contributed by atoms with Gasteiger partial charge in [-0.25, -0.2) is 4.89 Å². The topological polar surface area (TPSA) is 36.9 Å². The number of ether oxygens (including phenoxy) is 2. The summed E-state index contributed by atoms with van der Waals surface area (Å²) in [5.41, 5.74) is 0.574. The predicted octanol–water partition coefficient (Wildman–Crippen LogP) is 5.70. The summed E-state index contributed by atoms with van der Waals surface area (Å²) in [5, 5.41) is 0. The van der Waals surface area contributed by atoms with E-state index < -0.39 is 11.6 Å². The summed E-state index contributed by atoms with van der Waals surface area (Å²) in [4.78, 5) is 11.6. The second-order valence-electron chi connectivity index (χ2n) is 6.97. The summed E-state index contributed by atoms with van der Waals surface area (Å²) in [6, 6.07) is 38.6. The zero-order chi connectivity index (χ0) is 20.3. The Bertz CT molecular complexity index is 1000. The number of hydrogen-bond acceptors (Lipinski definition) is 4. The summed E-state index contributed by atoms with van der Waals surface area (Å²) in [5.74, 6) is -0.362. The molecule has 0 saturated carbocycles. The molecule has 0 radical (unpaired) electrons. The van der Waals surface area contributed by atoms with E-state index in [1.165, 1.54) is 0 Å². The molecule has 0 unspecified atom stereocenters. The molecular formula is C26H20O4. The van der Waals surface area contributed by atoms with Crippen LogP contribution in [0.25, 0.3) is 0 Å². The van der Waals surface area contributed by atoms with Crippen molar-refractivity contribution in [2.75, 3.05) is 0 Å². The molecule has 1 aliphatic rings. The van der Waals surface area contributed by atoms with Gasteiger partial charge in [0.1, 0.15) is 11.5 Å². The highest BCUT2D eigenvalue weighted by Gasteiger charge is 2.73. The van der Waals surface area contributed by atoms with Gasteiger partial charge in [-0.05, 0) is 24.3 Å². The van der Waals surface area contributed by atoms with Crippen LogP contribution < -0.4 is 9.47 Å². The van der Waals surface area contributed by atoms with Gasteiger partial charge in [0.05, 0.1) is 0 Å². The molecule has 4 heteroatoms. The number of hydrogen-bond donors (Lipinski definition) is 0. The van der Waals surface area contributed by atoms with Crippen molar-refractivity contribution in [1.29, 1.82) is 0 Å². The molecule has 30 heavy (non-hydrogen) atoms. The van der Waals surface area contributed by atoms with Crippen LogP contribution in [0.1, 0.15) is 11.1 Å². The van der Waals surface area contributed by atoms with Gasteiger partial charge in [-0.1, -0.05) is 97.1 Å². The maximum absolute atomic E-state index is 6.40. The van der Waals surface area contributed by atoms with Crippen LogP contribution in [-0.4, -0.2) is 5.97 Å². The molecule has 5 rings (SSSR count). The predicted molar refractivity (Wildman–Crippen MR) is 113 cm³/mol. The summed E-state index contributed by atoms with van der Waals surface area (Å²) in [6.45, 7) is 0. The van der Waals surface area contributed by atoms with Gasteiger partial charge in [0.2, 0.25) is 0 Å². The molecule has 0 atom stereocenters. The van der Waals surface area contributed by atoms with E-state index in [0.29, 0.717) is 11.5 Å². The van der Waals surface area contributed by atoms with Crippen LogP contribution in [0.5, 0.6) is 11.5 Å². The molecular weight excluding hydrogens is 376 g/mol. The van der Waals surface area contributed by atoms with Gasteiger partial charge in [-0.15, -0.1) is 4.89 Å². The van der Waals surface area contributed by atoms with Gasteiger partial charge in [0.15, 0.2) is 0 Å². The first-order valence-electron chi connectivity index (χ1n) is 9.78. The fourth-order valence-corrected chi connectivity index (χ4v) is 3.64. The van der Waals surface area contributed by atoms with Crippen molar-refractivity contribution in [3.05, 3.63) is 132 Å². The van der Waals surface area contributed by atoms with E-state index in [1.54, 1.807) is 0 Å². The highest BCUT2D eigenvalue weighted by atomic mass is 17.3. The largest absolute Gasteiger partial charge is 0.441 e. The normalized spacial score (nSPS) is 16.3. The summed E-state index contributed by atoms with van der Waals surface area (Å²) < 4.78 is 12.8. The molecule has 4 nitrogen and oxygen atoms in total. The van der Waals surface area contributed by atoms with Gasteiger partial charge in [0.25, 0.3) is 5.60 Å². The SMILES string of the molecule is c1ccc(OC2(Oc3ccccc3)OOC2(c2ccccc2)c2ccccc2)cc1. The molecule has 1 fully saturated rings. The van der Waals surface area contributed by atoms with Crippen LogP contribution in [0.2, 0.25) is 0 Å². The number of para-hydroxylation sites is 2. The highest BCUT2D eigenvalue weighted by molar-refractivity contribution is 5.41. The Morgan fingerprint density at radius 1 is 0.433 bits per heavy atom. The third-order valence-corrected chi connectivity index (χ3v) is 5.06. The number of rotatable bonds is 6. The van der Waals surface area contributed by atoms with Crippen LogP contribution in [0.15, 0.2) is 121 Å². The maximum atomic E-state index is 6.40. The lowest BCUT2D eigenvalue weighted by Crippen LogP contribution is -2.71. The molecule has 1 aliphatic heterocycles. The minimum atomic E-state index is -1.57. The minimum Gasteiger partial charge on any atom is -0.425 e. The molecule has 0 aliphatic carbocycles. The monoisotopic (exact) mass is 396 g/mol. The Labute approximate surface area is 175 Å². The molecule has 0 bridgehead atoms. The van der Waals surface area contributed by atoms with Crippen LogP contribution in [-0.2, 0) is 15.4 Å². The first-order valence-corrected chi connectivity index (χ1v) is 9.78. The van der Waals surface area contributed by atoms with E-state index in [4.69, 9.17) is 19.2 Å². The molecule has 0 amide bonds. The lowest BCUT2D eigenvalue weighted by Gasteiger charge is -2.53. The number of benzene rings is 4. The second-order valence-corrected chi connectivity index (χ2v) is 6.97. The Hall–Kier alpha value is -3.60. The van der Waals surface area contributed by atoms with Crippen molar-refractivity contribution in [1.82, 2.24) is 0 Å². The Morgan fingerprint density at radius 2 is 0.800 bits per heavy atom. The van der Waals surface area contributed by atoms with Crippen LogP contribution in [0.4, 0.5) is 0 Å². The van der Waals surface area contributed by atoms with E-state index in [0.717, 1.165) is 11.1 Å². The fraction of sp³-hybridized carbons (Fsp3) is 0.0769. The first-order chi connectivity index (χ1) is 14.8. The lowest BCUT2D eigenvalue weighted by atomic mass is 9.82. The Morgan fingerprint density at radius 3 is 1.13 bits per heavy atom. The van der Waals surface area contributed by atoms with Gasteiger partial charge in [-0.2, -0.15) is 0 Å². The average molecular weight is 396 g/mol. The van der Waals surface area contributed by atoms with Crippen molar-refractivity contribution in [2.45, 2.75) is 11.6 Å². The van der Waals surface area contributed by atoms with Crippen molar-refractivity contribution in [3.63, 3.8) is 0 Å². The lowest BCUT2D eigenvalue weighted by molar-refractivity contribution is -0.641. The standard InChI is InChI=1S/C26H20O4/c1-5-13-21(14-6-1)25(22-15-7-2-8-16-22)26(30-29-25,27-23-17-9-3-10-18-23)28-24-19-11-4-12-20-24/h1-20H. The van der Waals surface area contributed by atoms with Gasteiger partial charge >= 0.3 is 5.97 Å². The van der Waals surface area contributed by atoms with Crippen LogP contribution >= 0.6 is 0 Å². The summed E-state index contributed by atoms with van der Waals surface area (Å²) in [7, 11) is 0. The highest BCUT2D eigenvalue weighted by Crippen LogP contribution is 2.54. The van der Waals surface area contributed by atoms with E-state index in [-0.39, 0.29) is 0 Å². The van der Waals surface area contributed by atoms with Gasteiger partial charge in [0, 0.05) is 11.1 Å². The molecule has 148 valence electrons. The average Bonchev–Trinajstić information content (AvgIpc) is 2.81. The maximum Gasteiger partial charge on any atom is 0.441 e. The first kappa shape index (κ1) is 18.4. The summed E-state index contributed by atoms with van der Waals surface area (Å²) >= 11 is 0. The van der Waals surface area contributed by atoms with E-state index in [2.05, 4.69) is 0 Å². The van der Waals surface area contributed by atoms with Crippen molar-refractivity contribution in [3.8, 4) is 11.5 Å². The van der Waals surface area contributed by atoms with Crippen molar-refractivity contribution < 1.29 is 19.2 Å². The minimum absolute atomic E-state index is 0.605. The van der Waals surface area contributed by atoms with Crippen molar-refractivity contribution in [2.24, 2.45) is 0 Å². The molecule has 0 spiro atoms. The second kappa shape index (κ2) is 7.67. The zero-order valence-electron chi connectivity index (χ0n) is 16.2. The third kappa shape index (κ3) is 3.03. The van der Waals surface area contributed by atoms with Crippen LogP contribution in [0.3, 0.4) is 0 Å². The van der Waals surface area contributed by atoms with Gasteiger partial charge < -0.3 is 9.47 Å². The Balaban J connectivity index is 1.69. The fourth-order valence-electron chi connectivity index (χ4n) is 3.64. The molecule has 0 aromatic heterocycles. The smallest absolute Gasteiger partial charge is 0.425 e. The molecule has 4 aromatic carbocycles. The van der Waals surface area contributed by atoms with E-state index >= 15 is 0 Å². The molecule has 1 saturated heterocycles. The zero-order valence-corrected chi connectivity index (χ0v) is 16.2. The molecule has 1 heterocycles. The molecule has 4 aromatic rings. The van der Waals surface area contributed by atoms with Crippen LogP contribution in [0, 0.1) is 0 Å². The van der Waals surface area contributed by atoms with E-state index in [9.17, 15) is 0 Å². The molecule has 0 N–H and O–H groups in total. The third-order valence-electron chi connectivity index (χ3n) is 5.06. The van der Waals surface area contributed by atoms with Gasteiger partial charge in [-0.3, -0.25) is 0 Å². The quantitative estimate of drug-likeness (QED) is 0.309. The summed E-state index contributed by atoms with van der Waals surface area (Å²) in [6.07, 6.45) is 0. The Kier molecular flexibility index (Phi) is 4.71.